The predicted octanol–water partition coefficient (Wildman–Crippen LogP) is 3.79. The highest BCUT2D eigenvalue weighted by atomic mass is 35.5. The summed E-state index contributed by atoms with van der Waals surface area (Å²) in [5, 5.41) is 0.710. The average molecular weight is 475 g/mol. The number of benzene rings is 2. The first-order valence-electron chi connectivity index (χ1n) is 10.4. The van der Waals surface area contributed by atoms with E-state index < -0.39 is 0 Å². The standard InChI is InChI=1S/C23H27ClN4O3S/c1-27(2)23(31)28-13-11-18(12-14-28)22(30)26-25-21(29)17-5-3-16(4-6-17)15-32-20-9-7-19(24)8-10-20/h3-10,18H,11-15H2,1-2H3,(H,25,29)(H,26,30). The van der Waals surface area contributed by atoms with Crippen LogP contribution in [-0.4, -0.2) is 54.8 Å². The van der Waals surface area contributed by atoms with E-state index >= 15 is 0 Å². The predicted molar refractivity (Wildman–Crippen MR) is 126 cm³/mol. The molecule has 2 aromatic rings. The number of likely N-dealkylation sites (tertiary alicyclic amines) is 1. The lowest BCUT2D eigenvalue weighted by Crippen LogP contribution is -2.49. The summed E-state index contributed by atoms with van der Waals surface area (Å²) < 4.78 is 0. The molecule has 1 fully saturated rings. The Bertz CT molecular complexity index is 943. The van der Waals surface area contributed by atoms with E-state index in [0.29, 0.717) is 36.5 Å². The SMILES string of the molecule is CN(C)C(=O)N1CCC(C(=O)NNC(=O)c2ccc(CSc3ccc(Cl)cc3)cc2)CC1. The zero-order valence-electron chi connectivity index (χ0n) is 18.1. The first-order chi connectivity index (χ1) is 15.3. The molecule has 1 saturated heterocycles. The Morgan fingerprint density at radius 1 is 1.00 bits per heavy atom. The summed E-state index contributed by atoms with van der Waals surface area (Å²) in [6.45, 7) is 1.05. The fraction of sp³-hybridized carbons (Fsp3) is 0.348. The van der Waals surface area contributed by atoms with Crippen molar-refractivity contribution >= 4 is 41.2 Å². The molecule has 0 unspecified atom stereocenters. The maximum absolute atomic E-state index is 12.4. The van der Waals surface area contributed by atoms with Crippen LogP contribution < -0.4 is 10.9 Å². The highest BCUT2D eigenvalue weighted by Crippen LogP contribution is 2.24. The van der Waals surface area contributed by atoms with Gasteiger partial charge in [0.15, 0.2) is 0 Å². The highest BCUT2D eigenvalue weighted by molar-refractivity contribution is 7.98. The number of piperidine rings is 1. The van der Waals surface area contributed by atoms with Gasteiger partial charge in [-0.2, -0.15) is 0 Å². The van der Waals surface area contributed by atoms with Gasteiger partial charge < -0.3 is 9.80 Å². The topological polar surface area (TPSA) is 81.8 Å². The smallest absolute Gasteiger partial charge is 0.319 e. The largest absolute Gasteiger partial charge is 0.331 e. The fourth-order valence-corrected chi connectivity index (χ4v) is 4.34. The van der Waals surface area contributed by atoms with Gasteiger partial charge in [0, 0.05) is 54.3 Å². The van der Waals surface area contributed by atoms with Crippen molar-refractivity contribution in [2.75, 3.05) is 27.2 Å². The van der Waals surface area contributed by atoms with Crippen LogP contribution in [0.15, 0.2) is 53.4 Å². The molecule has 2 N–H and O–H groups in total. The number of amides is 4. The zero-order valence-corrected chi connectivity index (χ0v) is 19.7. The minimum Gasteiger partial charge on any atom is -0.331 e. The van der Waals surface area contributed by atoms with Gasteiger partial charge in [-0.15, -0.1) is 11.8 Å². The van der Waals surface area contributed by atoms with Crippen molar-refractivity contribution in [3.63, 3.8) is 0 Å². The van der Waals surface area contributed by atoms with Crippen LogP contribution in [0.25, 0.3) is 0 Å². The summed E-state index contributed by atoms with van der Waals surface area (Å²) >= 11 is 7.59. The molecule has 32 heavy (non-hydrogen) atoms. The Hall–Kier alpha value is -2.71. The number of nitrogens with one attached hydrogen (secondary N) is 2. The van der Waals surface area contributed by atoms with Crippen molar-refractivity contribution in [3.05, 3.63) is 64.7 Å². The number of rotatable bonds is 5. The van der Waals surface area contributed by atoms with E-state index in [0.717, 1.165) is 16.2 Å². The van der Waals surface area contributed by atoms with E-state index in [9.17, 15) is 14.4 Å². The number of hydrazine groups is 1. The van der Waals surface area contributed by atoms with Crippen molar-refractivity contribution in [1.29, 1.82) is 0 Å². The molecule has 0 spiro atoms. The van der Waals surface area contributed by atoms with Crippen LogP contribution in [-0.2, 0) is 10.5 Å². The van der Waals surface area contributed by atoms with Gasteiger partial charge in [-0.25, -0.2) is 4.79 Å². The maximum atomic E-state index is 12.4. The number of thioether (sulfide) groups is 1. The van der Waals surface area contributed by atoms with Gasteiger partial charge in [-0.1, -0.05) is 23.7 Å². The number of hydrogen-bond donors (Lipinski definition) is 2. The van der Waals surface area contributed by atoms with Crippen molar-refractivity contribution in [3.8, 4) is 0 Å². The zero-order chi connectivity index (χ0) is 23.1. The van der Waals surface area contributed by atoms with Crippen LogP contribution in [0.5, 0.6) is 0 Å². The molecule has 1 aliphatic rings. The number of halogens is 1. The second-order valence-electron chi connectivity index (χ2n) is 7.82. The Morgan fingerprint density at radius 3 is 2.22 bits per heavy atom. The molecule has 0 aromatic heterocycles. The molecule has 0 atom stereocenters. The van der Waals surface area contributed by atoms with Gasteiger partial charge in [-0.3, -0.25) is 20.4 Å². The Kier molecular flexibility index (Phi) is 8.41. The lowest BCUT2D eigenvalue weighted by Gasteiger charge is -2.32. The molecule has 1 heterocycles. The average Bonchev–Trinajstić information content (AvgIpc) is 2.82. The van der Waals surface area contributed by atoms with Gasteiger partial charge >= 0.3 is 6.03 Å². The first kappa shape index (κ1) is 23.9. The quantitative estimate of drug-likeness (QED) is 0.510. The number of urea groups is 1. The summed E-state index contributed by atoms with van der Waals surface area (Å²) in [5.41, 5.74) is 6.56. The molecule has 1 aliphatic heterocycles. The third-order valence-corrected chi connectivity index (χ3v) is 6.59. The summed E-state index contributed by atoms with van der Waals surface area (Å²) in [6.07, 6.45) is 1.14. The number of hydrogen-bond acceptors (Lipinski definition) is 4. The van der Waals surface area contributed by atoms with Crippen LogP contribution in [0.3, 0.4) is 0 Å². The lowest BCUT2D eigenvalue weighted by atomic mass is 9.96. The van der Waals surface area contributed by atoms with Crippen molar-refractivity contribution < 1.29 is 14.4 Å². The second kappa shape index (κ2) is 11.2. The van der Waals surface area contributed by atoms with E-state index in [1.165, 1.54) is 4.90 Å². The molecule has 2 aromatic carbocycles. The van der Waals surface area contributed by atoms with Gasteiger partial charge in [0.05, 0.1) is 0 Å². The Labute approximate surface area is 197 Å². The molecule has 3 rings (SSSR count). The fourth-order valence-electron chi connectivity index (χ4n) is 3.36. The van der Waals surface area contributed by atoms with E-state index in [1.807, 2.05) is 36.4 Å². The minimum atomic E-state index is -0.365. The van der Waals surface area contributed by atoms with Crippen molar-refractivity contribution in [1.82, 2.24) is 20.7 Å². The molecule has 7 nitrogen and oxygen atoms in total. The van der Waals surface area contributed by atoms with Crippen LogP contribution in [0.2, 0.25) is 5.02 Å². The number of carbonyl (C=O) groups excluding carboxylic acids is 3. The molecular formula is C23H27ClN4O3S. The third kappa shape index (κ3) is 6.64. The highest BCUT2D eigenvalue weighted by Gasteiger charge is 2.28. The van der Waals surface area contributed by atoms with E-state index in [1.54, 1.807) is 42.9 Å². The van der Waals surface area contributed by atoms with Crippen molar-refractivity contribution in [2.24, 2.45) is 5.92 Å². The van der Waals surface area contributed by atoms with Gasteiger partial charge in [-0.05, 0) is 54.8 Å². The molecule has 0 bridgehead atoms. The molecule has 0 aliphatic carbocycles. The Balaban J connectivity index is 1.42. The molecule has 0 saturated carbocycles. The summed E-state index contributed by atoms with van der Waals surface area (Å²) in [4.78, 5) is 41.1. The summed E-state index contributed by atoms with van der Waals surface area (Å²) in [5.74, 6) is -0.0505. The van der Waals surface area contributed by atoms with E-state index in [-0.39, 0.29) is 23.8 Å². The Morgan fingerprint density at radius 2 is 1.62 bits per heavy atom. The van der Waals surface area contributed by atoms with Gasteiger partial charge in [0.1, 0.15) is 0 Å². The van der Waals surface area contributed by atoms with E-state index in [4.69, 9.17) is 11.6 Å². The molecule has 9 heteroatoms. The van der Waals surface area contributed by atoms with Crippen molar-refractivity contribution in [2.45, 2.75) is 23.5 Å². The second-order valence-corrected chi connectivity index (χ2v) is 9.31. The number of nitrogens with zero attached hydrogens (tertiary/aromatic N) is 2. The first-order valence-corrected chi connectivity index (χ1v) is 11.7. The van der Waals surface area contributed by atoms with E-state index in [2.05, 4.69) is 10.9 Å². The summed E-state index contributed by atoms with van der Waals surface area (Å²) in [7, 11) is 3.42. The lowest BCUT2D eigenvalue weighted by molar-refractivity contribution is -0.127. The third-order valence-electron chi connectivity index (χ3n) is 5.25. The molecule has 0 radical (unpaired) electrons. The minimum absolute atomic E-state index is 0.0489. The molecular weight excluding hydrogens is 448 g/mol. The maximum Gasteiger partial charge on any atom is 0.319 e. The number of carbonyl (C=O) groups is 3. The molecule has 4 amide bonds. The monoisotopic (exact) mass is 474 g/mol. The normalized spacial score (nSPS) is 14.0. The van der Waals surface area contributed by atoms with Crippen LogP contribution >= 0.6 is 23.4 Å². The molecule has 170 valence electrons. The van der Waals surface area contributed by atoms with Crippen LogP contribution in [0, 0.1) is 5.92 Å². The van der Waals surface area contributed by atoms with Crippen LogP contribution in [0.1, 0.15) is 28.8 Å². The van der Waals surface area contributed by atoms with Gasteiger partial charge in [0.2, 0.25) is 5.91 Å². The summed E-state index contributed by atoms with van der Waals surface area (Å²) in [6, 6.07) is 14.9. The van der Waals surface area contributed by atoms with Crippen LogP contribution in [0.4, 0.5) is 4.79 Å². The van der Waals surface area contributed by atoms with Gasteiger partial charge in [0.25, 0.3) is 5.91 Å².